The second-order valence-electron chi connectivity index (χ2n) is 7.98. The van der Waals surface area contributed by atoms with Gasteiger partial charge in [0.05, 0.1) is 17.2 Å². The van der Waals surface area contributed by atoms with Crippen molar-refractivity contribution < 1.29 is 17.9 Å². The summed E-state index contributed by atoms with van der Waals surface area (Å²) in [7, 11) is -3.74. The van der Waals surface area contributed by atoms with E-state index in [4.69, 9.17) is 4.74 Å². The Morgan fingerprint density at radius 1 is 0.909 bits per heavy atom. The molecule has 3 aromatic rings. The average molecular weight is 467 g/mol. The van der Waals surface area contributed by atoms with Gasteiger partial charge in [0.15, 0.2) is 0 Å². The topological polar surface area (TPSA) is 84.5 Å². The minimum absolute atomic E-state index is 0.116. The van der Waals surface area contributed by atoms with Gasteiger partial charge < -0.3 is 10.1 Å². The zero-order valence-corrected chi connectivity index (χ0v) is 20.0. The van der Waals surface area contributed by atoms with Crippen LogP contribution < -0.4 is 14.8 Å². The Balaban J connectivity index is 1.61. The van der Waals surface area contributed by atoms with Gasteiger partial charge in [0.1, 0.15) is 5.75 Å². The summed E-state index contributed by atoms with van der Waals surface area (Å²) in [6.07, 6.45) is 3.27. The minimum Gasteiger partial charge on any atom is -0.494 e. The lowest BCUT2D eigenvalue weighted by Crippen LogP contribution is -2.14. The van der Waals surface area contributed by atoms with Crippen LogP contribution in [0, 0.1) is 13.8 Å². The summed E-state index contributed by atoms with van der Waals surface area (Å²) in [5.41, 5.74) is 3.44. The maximum Gasteiger partial charge on any atom is 0.261 e. The fraction of sp³-hybridized carbons (Fsp3) is 0.269. The van der Waals surface area contributed by atoms with Crippen molar-refractivity contribution >= 4 is 27.3 Å². The second-order valence-corrected chi connectivity index (χ2v) is 9.66. The Labute approximate surface area is 196 Å². The second kappa shape index (κ2) is 11.0. The molecule has 0 bridgehead atoms. The van der Waals surface area contributed by atoms with Crippen LogP contribution in [0.2, 0.25) is 0 Å². The quantitative estimate of drug-likeness (QED) is 0.363. The number of aryl methyl sites for hydroxylation is 2. The molecule has 0 atom stereocenters. The van der Waals surface area contributed by atoms with Crippen LogP contribution in [0.1, 0.15) is 47.7 Å². The maximum atomic E-state index is 12.7. The van der Waals surface area contributed by atoms with E-state index >= 15 is 0 Å². The lowest BCUT2D eigenvalue weighted by molar-refractivity contribution is 0.102. The molecule has 2 N–H and O–H groups in total. The maximum absolute atomic E-state index is 12.7. The lowest BCUT2D eigenvalue weighted by atomic mass is 10.1. The molecule has 0 aliphatic rings. The van der Waals surface area contributed by atoms with Gasteiger partial charge in [0.2, 0.25) is 0 Å². The number of hydrogen-bond acceptors (Lipinski definition) is 4. The van der Waals surface area contributed by atoms with E-state index in [1.807, 2.05) is 26.0 Å². The van der Waals surface area contributed by atoms with Crippen LogP contribution in [0.3, 0.4) is 0 Å². The van der Waals surface area contributed by atoms with Gasteiger partial charge in [-0.05, 0) is 80.4 Å². The van der Waals surface area contributed by atoms with Crippen molar-refractivity contribution in [2.75, 3.05) is 16.6 Å². The number of sulfonamides is 1. The molecule has 174 valence electrons. The summed E-state index contributed by atoms with van der Waals surface area (Å²) in [5, 5.41) is 2.79. The van der Waals surface area contributed by atoms with Gasteiger partial charge in [0.25, 0.3) is 15.9 Å². The molecule has 33 heavy (non-hydrogen) atoms. The standard InChI is InChI=1S/C26H30N2O4S/c1-4-5-6-17-32-23-12-8-21(9-13-23)26(29)27-22-10-14-24(15-11-22)33(30,31)28-25-16-7-19(2)18-20(25)3/h7-16,18,28H,4-6,17H2,1-3H3,(H,27,29). The van der Waals surface area contributed by atoms with E-state index in [9.17, 15) is 13.2 Å². The molecule has 6 nitrogen and oxygen atoms in total. The molecule has 0 radical (unpaired) electrons. The number of nitrogens with one attached hydrogen (secondary N) is 2. The summed E-state index contributed by atoms with van der Waals surface area (Å²) < 4.78 is 33.7. The number of rotatable bonds is 10. The highest BCUT2D eigenvalue weighted by Crippen LogP contribution is 2.22. The van der Waals surface area contributed by atoms with Gasteiger partial charge >= 0.3 is 0 Å². The number of carbonyl (C=O) groups excluding carboxylic acids is 1. The molecule has 0 saturated heterocycles. The molecule has 0 spiro atoms. The Bertz CT molecular complexity index is 1190. The predicted octanol–water partition coefficient (Wildman–Crippen LogP) is 5.93. The van der Waals surface area contributed by atoms with Crippen molar-refractivity contribution in [2.45, 2.75) is 44.9 Å². The van der Waals surface area contributed by atoms with Crippen LogP contribution in [0.5, 0.6) is 5.75 Å². The van der Waals surface area contributed by atoms with E-state index in [1.54, 1.807) is 42.5 Å². The number of unbranched alkanes of at least 4 members (excludes halogenated alkanes) is 2. The van der Waals surface area contributed by atoms with Crippen LogP contribution in [-0.2, 0) is 10.0 Å². The van der Waals surface area contributed by atoms with E-state index in [1.165, 1.54) is 12.1 Å². The van der Waals surface area contributed by atoms with Gasteiger partial charge in [-0.1, -0.05) is 37.5 Å². The largest absolute Gasteiger partial charge is 0.494 e. The number of benzene rings is 3. The van der Waals surface area contributed by atoms with Crippen LogP contribution in [0.4, 0.5) is 11.4 Å². The van der Waals surface area contributed by atoms with Gasteiger partial charge in [-0.2, -0.15) is 0 Å². The molecule has 7 heteroatoms. The highest BCUT2D eigenvalue weighted by molar-refractivity contribution is 7.92. The number of ether oxygens (including phenoxy) is 1. The molecule has 0 heterocycles. The Kier molecular flexibility index (Phi) is 8.11. The first kappa shape index (κ1) is 24.3. The summed E-state index contributed by atoms with van der Waals surface area (Å²) in [6.45, 7) is 6.61. The molecule has 0 saturated carbocycles. The first-order valence-corrected chi connectivity index (χ1v) is 12.5. The van der Waals surface area contributed by atoms with Crippen molar-refractivity contribution in [2.24, 2.45) is 0 Å². The number of amides is 1. The molecule has 1 amide bonds. The van der Waals surface area contributed by atoms with Crippen molar-refractivity contribution in [3.8, 4) is 5.75 Å². The van der Waals surface area contributed by atoms with Gasteiger partial charge in [-0.15, -0.1) is 0 Å². The van der Waals surface area contributed by atoms with Gasteiger partial charge in [0, 0.05) is 11.3 Å². The van der Waals surface area contributed by atoms with Gasteiger partial charge in [-0.25, -0.2) is 8.42 Å². The Morgan fingerprint density at radius 3 is 2.24 bits per heavy atom. The van der Waals surface area contributed by atoms with E-state index in [0.717, 1.165) is 36.1 Å². The zero-order valence-electron chi connectivity index (χ0n) is 19.2. The highest BCUT2D eigenvalue weighted by Gasteiger charge is 2.16. The van der Waals surface area contributed by atoms with Crippen LogP contribution in [0.25, 0.3) is 0 Å². The van der Waals surface area contributed by atoms with E-state index in [-0.39, 0.29) is 10.8 Å². The fourth-order valence-corrected chi connectivity index (χ4v) is 4.43. The van der Waals surface area contributed by atoms with Crippen LogP contribution >= 0.6 is 0 Å². The first-order chi connectivity index (χ1) is 15.8. The molecule has 3 aromatic carbocycles. The van der Waals surface area contributed by atoms with E-state index < -0.39 is 10.0 Å². The Hall–Kier alpha value is -3.32. The molecule has 0 aliphatic heterocycles. The van der Waals surface area contributed by atoms with E-state index in [2.05, 4.69) is 17.0 Å². The molecule has 0 fully saturated rings. The molecule has 0 aromatic heterocycles. The molecular formula is C26H30N2O4S. The molecular weight excluding hydrogens is 436 g/mol. The summed E-state index contributed by atoms with van der Waals surface area (Å²) in [6, 6.07) is 18.6. The summed E-state index contributed by atoms with van der Waals surface area (Å²) >= 11 is 0. The van der Waals surface area contributed by atoms with Crippen molar-refractivity contribution in [3.63, 3.8) is 0 Å². The lowest BCUT2D eigenvalue weighted by Gasteiger charge is -2.12. The predicted molar refractivity (Wildman–Crippen MR) is 133 cm³/mol. The van der Waals surface area contributed by atoms with Crippen molar-refractivity contribution in [1.82, 2.24) is 0 Å². The third kappa shape index (κ3) is 6.83. The average Bonchev–Trinajstić information content (AvgIpc) is 2.79. The summed E-state index contributed by atoms with van der Waals surface area (Å²) in [5.74, 6) is 0.449. The molecule has 0 unspecified atom stereocenters. The number of hydrogen-bond donors (Lipinski definition) is 2. The van der Waals surface area contributed by atoms with E-state index in [0.29, 0.717) is 23.5 Å². The number of anilines is 2. The van der Waals surface area contributed by atoms with Gasteiger partial charge in [-0.3, -0.25) is 9.52 Å². The summed E-state index contributed by atoms with van der Waals surface area (Å²) in [4.78, 5) is 12.6. The smallest absolute Gasteiger partial charge is 0.261 e. The first-order valence-electron chi connectivity index (χ1n) is 11.0. The monoisotopic (exact) mass is 466 g/mol. The third-order valence-corrected chi connectivity index (χ3v) is 6.56. The molecule has 3 rings (SSSR count). The Morgan fingerprint density at radius 2 is 1.61 bits per heavy atom. The molecule has 0 aliphatic carbocycles. The van der Waals surface area contributed by atoms with Crippen molar-refractivity contribution in [3.05, 3.63) is 83.4 Å². The van der Waals surface area contributed by atoms with Crippen LogP contribution in [0.15, 0.2) is 71.6 Å². The normalized spacial score (nSPS) is 11.1. The highest BCUT2D eigenvalue weighted by atomic mass is 32.2. The zero-order chi connectivity index (χ0) is 23.8. The minimum atomic E-state index is -3.74. The third-order valence-electron chi connectivity index (χ3n) is 5.18. The fourth-order valence-electron chi connectivity index (χ4n) is 3.30. The SMILES string of the molecule is CCCCCOc1ccc(C(=O)Nc2ccc(S(=O)(=O)Nc3ccc(C)cc3C)cc2)cc1. The van der Waals surface area contributed by atoms with Crippen molar-refractivity contribution in [1.29, 1.82) is 0 Å². The van der Waals surface area contributed by atoms with Crippen LogP contribution in [-0.4, -0.2) is 20.9 Å². The number of carbonyl (C=O) groups is 1.